The van der Waals surface area contributed by atoms with Gasteiger partial charge in [0.05, 0.1) is 30.9 Å². The van der Waals surface area contributed by atoms with E-state index in [-0.39, 0.29) is 19.8 Å². The lowest BCUT2D eigenvalue weighted by Crippen LogP contribution is -2.35. The molecule has 0 heterocycles. The summed E-state index contributed by atoms with van der Waals surface area (Å²) in [6.07, 6.45) is 0. The fraction of sp³-hybridized carbons (Fsp3) is 0.364. The first-order valence-corrected chi connectivity index (χ1v) is 4.85. The van der Waals surface area contributed by atoms with Crippen LogP contribution < -0.4 is 5.32 Å². The molecule has 0 spiro atoms. The second kappa shape index (κ2) is 6.18. The second-order valence-corrected chi connectivity index (χ2v) is 3.36. The number of nitriles is 1. The van der Waals surface area contributed by atoms with Crippen molar-refractivity contribution < 1.29 is 14.6 Å². The minimum atomic E-state index is -0.481. The summed E-state index contributed by atoms with van der Waals surface area (Å²) in [5.74, 6) is -0.416. The van der Waals surface area contributed by atoms with E-state index >= 15 is 0 Å². The summed E-state index contributed by atoms with van der Waals surface area (Å²) < 4.78 is 13.3. The van der Waals surface area contributed by atoms with E-state index < -0.39 is 11.9 Å². The smallest absolute Gasteiger partial charge is 0.127 e. The summed E-state index contributed by atoms with van der Waals surface area (Å²) in [6, 6.07) is 5.50. The summed E-state index contributed by atoms with van der Waals surface area (Å²) in [5, 5.41) is 29.0. The van der Waals surface area contributed by atoms with E-state index in [4.69, 9.17) is 15.5 Å². The molecule has 1 aromatic rings. The summed E-state index contributed by atoms with van der Waals surface area (Å²) in [7, 11) is 0. The number of hydrogen-bond donors (Lipinski definition) is 3. The quantitative estimate of drug-likeness (QED) is 0.665. The van der Waals surface area contributed by atoms with Gasteiger partial charge in [0, 0.05) is 12.1 Å². The number of rotatable bonds is 5. The number of nitrogens with one attached hydrogen (secondary N) is 1. The van der Waals surface area contributed by atoms with E-state index in [0.29, 0.717) is 11.1 Å². The first kappa shape index (κ1) is 12.6. The van der Waals surface area contributed by atoms with Crippen molar-refractivity contribution in [2.45, 2.75) is 12.6 Å². The van der Waals surface area contributed by atoms with Crippen molar-refractivity contribution in [2.24, 2.45) is 0 Å². The molecule has 0 aromatic heterocycles. The summed E-state index contributed by atoms with van der Waals surface area (Å²) in [5.41, 5.74) is 0.716. The minimum Gasteiger partial charge on any atom is -0.395 e. The Morgan fingerprint density at radius 3 is 2.62 bits per heavy atom. The first-order chi connectivity index (χ1) is 7.71. The van der Waals surface area contributed by atoms with Gasteiger partial charge in [0.2, 0.25) is 0 Å². The van der Waals surface area contributed by atoms with Gasteiger partial charge in [-0.2, -0.15) is 5.26 Å². The van der Waals surface area contributed by atoms with E-state index in [1.54, 1.807) is 0 Å². The molecule has 16 heavy (non-hydrogen) atoms. The number of hydrogen-bond acceptors (Lipinski definition) is 4. The van der Waals surface area contributed by atoms with Gasteiger partial charge < -0.3 is 15.5 Å². The van der Waals surface area contributed by atoms with Gasteiger partial charge in [-0.15, -0.1) is 0 Å². The van der Waals surface area contributed by atoms with Crippen LogP contribution in [0.5, 0.6) is 0 Å². The van der Waals surface area contributed by atoms with Crippen LogP contribution in [-0.2, 0) is 6.54 Å². The van der Waals surface area contributed by atoms with Crippen LogP contribution in [0, 0.1) is 17.1 Å². The largest absolute Gasteiger partial charge is 0.395 e. The molecule has 0 bridgehead atoms. The van der Waals surface area contributed by atoms with Crippen molar-refractivity contribution in [3.8, 4) is 6.07 Å². The van der Waals surface area contributed by atoms with Crippen LogP contribution in [0.15, 0.2) is 18.2 Å². The maximum atomic E-state index is 13.3. The lowest BCUT2D eigenvalue weighted by molar-refractivity contribution is 0.170. The average molecular weight is 224 g/mol. The molecule has 4 nitrogen and oxygen atoms in total. The maximum Gasteiger partial charge on any atom is 0.127 e. The fourth-order valence-corrected chi connectivity index (χ4v) is 1.22. The third kappa shape index (κ3) is 3.28. The van der Waals surface area contributed by atoms with Gasteiger partial charge in [-0.3, -0.25) is 0 Å². The molecule has 1 aromatic carbocycles. The van der Waals surface area contributed by atoms with Gasteiger partial charge in [-0.25, -0.2) is 4.39 Å². The molecular weight excluding hydrogens is 211 g/mol. The molecule has 0 amide bonds. The van der Waals surface area contributed by atoms with E-state index in [0.717, 1.165) is 0 Å². The predicted molar refractivity (Wildman–Crippen MR) is 55.9 cm³/mol. The predicted octanol–water partition coefficient (Wildman–Crippen LogP) is 0.140. The Kier molecular flexibility index (Phi) is 4.86. The fourth-order valence-electron chi connectivity index (χ4n) is 1.22. The van der Waals surface area contributed by atoms with Crippen molar-refractivity contribution in [1.82, 2.24) is 5.32 Å². The first-order valence-electron chi connectivity index (χ1n) is 4.85. The normalized spacial score (nSPS) is 10.4. The lowest BCUT2D eigenvalue weighted by Gasteiger charge is -2.13. The van der Waals surface area contributed by atoms with Crippen molar-refractivity contribution in [1.29, 1.82) is 5.26 Å². The number of nitrogens with zero attached hydrogens (tertiary/aromatic N) is 1. The number of aliphatic hydroxyl groups excluding tert-OH is 2. The highest BCUT2D eigenvalue weighted by atomic mass is 19.1. The Hall–Kier alpha value is -1.48. The third-order valence-electron chi connectivity index (χ3n) is 2.20. The van der Waals surface area contributed by atoms with Gasteiger partial charge in [0.25, 0.3) is 0 Å². The van der Waals surface area contributed by atoms with E-state index in [9.17, 15) is 4.39 Å². The van der Waals surface area contributed by atoms with Crippen LogP contribution in [0.4, 0.5) is 4.39 Å². The standard InChI is InChI=1S/C11H13FN2O2/c12-11-2-1-8(4-13)3-9(11)5-14-10(6-15)7-16/h1-3,10,14-16H,5-7H2. The summed E-state index contributed by atoms with van der Waals surface area (Å²) in [4.78, 5) is 0. The zero-order chi connectivity index (χ0) is 12.0. The monoisotopic (exact) mass is 224 g/mol. The molecule has 0 saturated carbocycles. The number of aliphatic hydroxyl groups is 2. The number of benzene rings is 1. The Balaban J connectivity index is 2.69. The van der Waals surface area contributed by atoms with Crippen LogP contribution in [0.3, 0.4) is 0 Å². The molecule has 5 heteroatoms. The number of halogens is 1. The third-order valence-corrected chi connectivity index (χ3v) is 2.20. The summed E-state index contributed by atoms with van der Waals surface area (Å²) >= 11 is 0. The van der Waals surface area contributed by atoms with Crippen molar-refractivity contribution in [3.05, 3.63) is 35.1 Å². The molecule has 0 unspecified atom stereocenters. The van der Waals surface area contributed by atoms with Crippen molar-refractivity contribution in [2.75, 3.05) is 13.2 Å². The Bertz CT molecular complexity index is 386. The molecule has 0 fully saturated rings. The van der Waals surface area contributed by atoms with Gasteiger partial charge in [0.15, 0.2) is 0 Å². The minimum absolute atomic E-state index is 0.160. The highest BCUT2D eigenvalue weighted by Crippen LogP contribution is 2.09. The highest BCUT2D eigenvalue weighted by Gasteiger charge is 2.08. The van der Waals surface area contributed by atoms with Crippen LogP contribution in [0.1, 0.15) is 11.1 Å². The molecule has 0 radical (unpaired) electrons. The van der Waals surface area contributed by atoms with Crippen LogP contribution in [0.2, 0.25) is 0 Å². The topological polar surface area (TPSA) is 76.3 Å². The lowest BCUT2D eigenvalue weighted by atomic mass is 10.1. The van der Waals surface area contributed by atoms with Gasteiger partial charge >= 0.3 is 0 Å². The zero-order valence-electron chi connectivity index (χ0n) is 8.65. The van der Waals surface area contributed by atoms with Crippen LogP contribution in [0.25, 0.3) is 0 Å². The zero-order valence-corrected chi connectivity index (χ0v) is 8.65. The van der Waals surface area contributed by atoms with Crippen LogP contribution in [-0.4, -0.2) is 29.5 Å². The van der Waals surface area contributed by atoms with Crippen molar-refractivity contribution in [3.63, 3.8) is 0 Å². The van der Waals surface area contributed by atoms with E-state index in [1.807, 2.05) is 6.07 Å². The van der Waals surface area contributed by atoms with Crippen LogP contribution >= 0.6 is 0 Å². The van der Waals surface area contributed by atoms with Gasteiger partial charge in [-0.1, -0.05) is 0 Å². The Morgan fingerprint density at radius 2 is 2.06 bits per heavy atom. The molecule has 0 saturated heterocycles. The molecule has 0 aliphatic carbocycles. The molecule has 0 aliphatic rings. The van der Waals surface area contributed by atoms with Gasteiger partial charge in [0.1, 0.15) is 5.82 Å². The Morgan fingerprint density at radius 1 is 1.38 bits per heavy atom. The van der Waals surface area contributed by atoms with E-state index in [1.165, 1.54) is 18.2 Å². The average Bonchev–Trinajstić information content (AvgIpc) is 2.32. The molecular formula is C11H13FN2O2. The SMILES string of the molecule is N#Cc1ccc(F)c(CNC(CO)CO)c1. The molecule has 0 aliphatic heterocycles. The van der Waals surface area contributed by atoms with E-state index in [2.05, 4.69) is 5.32 Å². The highest BCUT2D eigenvalue weighted by molar-refractivity contribution is 5.33. The molecule has 0 atom stereocenters. The summed E-state index contributed by atoms with van der Waals surface area (Å²) in [6.45, 7) is -0.292. The molecule has 1 rings (SSSR count). The molecule has 3 N–H and O–H groups in total. The van der Waals surface area contributed by atoms with Gasteiger partial charge in [-0.05, 0) is 18.2 Å². The Labute approximate surface area is 93.0 Å². The maximum absolute atomic E-state index is 13.3. The second-order valence-electron chi connectivity index (χ2n) is 3.36. The molecule has 86 valence electrons. The van der Waals surface area contributed by atoms with Crippen molar-refractivity contribution >= 4 is 0 Å².